The van der Waals surface area contributed by atoms with E-state index in [1.165, 1.54) is 24.0 Å². The second-order valence-corrected chi connectivity index (χ2v) is 7.38. The Balaban J connectivity index is 0.00000364. The number of guanidine groups is 1. The normalized spacial score (nSPS) is 16.1. The topological polar surface area (TPSA) is 48.9 Å². The number of halogens is 1. The van der Waals surface area contributed by atoms with Gasteiger partial charge in [0, 0.05) is 31.7 Å². The number of para-hydroxylation sites is 1. The number of aryl methyl sites for hydroxylation is 2. The minimum absolute atomic E-state index is 0. The predicted octanol–water partition coefficient (Wildman–Crippen LogP) is 3.73. The van der Waals surface area contributed by atoms with Crippen LogP contribution in [0, 0.1) is 13.8 Å². The highest BCUT2D eigenvalue weighted by Crippen LogP contribution is 2.22. The van der Waals surface area contributed by atoms with Crippen LogP contribution in [0.3, 0.4) is 0 Å². The molecule has 1 aliphatic rings. The molecule has 0 aromatic heterocycles. The Morgan fingerprint density at radius 2 is 1.85 bits per heavy atom. The third-order valence-electron chi connectivity index (χ3n) is 4.96. The fourth-order valence-electron chi connectivity index (χ4n) is 3.41. The van der Waals surface area contributed by atoms with Crippen LogP contribution in [-0.2, 0) is 0 Å². The summed E-state index contributed by atoms with van der Waals surface area (Å²) in [7, 11) is 0. The number of piperidine rings is 1. The fourth-order valence-corrected chi connectivity index (χ4v) is 3.41. The maximum atomic E-state index is 5.96. The van der Waals surface area contributed by atoms with Crippen LogP contribution in [0.15, 0.2) is 23.2 Å². The van der Waals surface area contributed by atoms with Crippen LogP contribution in [-0.4, -0.2) is 55.7 Å². The van der Waals surface area contributed by atoms with Crippen molar-refractivity contribution < 1.29 is 4.74 Å². The molecule has 1 fully saturated rings. The monoisotopic (exact) mass is 488 g/mol. The number of hydrogen-bond donors (Lipinski definition) is 2. The summed E-state index contributed by atoms with van der Waals surface area (Å²) < 4.78 is 5.96. The highest BCUT2D eigenvalue weighted by Gasteiger charge is 2.21. The average Bonchev–Trinajstić information content (AvgIpc) is 2.61. The molecule has 27 heavy (non-hydrogen) atoms. The molecule has 2 rings (SSSR count). The lowest BCUT2D eigenvalue weighted by molar-refractivity contribution is 0.167. The number of nitrogens with one attached hydrogen (secondary N) is 2. The third kappa shape index (κ3) is 7.86. The molecule has 1 aromatic carbocycles. The Labute approximate surface area is 182 Å². The van der Waals surface area contributed by atoms with Crippen LogP contribution in [0.2, 0.25) is 0 Å². The van der Waals surface area contributed by atoms with Crippen molar-refractivity contribution in [3.63, 3.8) is 0 Å². The van der Waals surface area contributed by atoms with E-state index in [2.05, 4.69) is 68.4 Å². The number of hydrogen-bond acceptors (Lipinski definition) is 3. The molecule has 1 aromatic rings. The van der Waals surface area contributed by atoms with Crippen molar-refractivity contribution >= 4 is 29.9 Å². The Morgan fingerprint density at radius 3 is 2.41 bits per heavy atom. The van der Waals surface area contributed by atoms with Crippen molar-refractivity contribution in [2.45, 2.75) is 59.5 Å². The van der Waals surface area contributed by atoms with Gasteiger partial charge in [-0.15, -0.1) is 24.0 Å². The highest BCUT2D eigenvalue weighted by atomic mass is 127. The molecule has 0 amide bonds. The van der Waals surface area contributed by atoms with E-state index in [0.29, 0.717) is 25.2 Å². The minimum atomic E-state index is 0. The maximum Gasteiger partial charge on any atom is 0.191 e. The van der Waals surface area contributed by atoms with Crippen molar-refractivity contribution in [3.8, 4) is 5.75 Å². The van der Waals surface area contributed by atoms with E-state index in [1.54, 1.807) is 0 Å². The van der Waals surface area contributed by atoms with Crippen molar-refractivity contribution in [1.29, 1.82) is 0 Å². The Hall–Kier alpha value is -1.02. The van der Waals surface area contributed by atoms with Gasteiger partial charge in [0.2, 0.25) is 0 Å². The number of aliphatic imine (C=N–C) groups is 1. The molecule has 2 N–H and O–H groups in total. The molecule has 5 nitrogen and oxygen atoms in total. The van der Waals surface area contributed by atoms with Crippen molar-refractivity contribution in [2.24, 2.45) is 4.99 Å². The quantitative estimate of drug-likeness (QED) is 0.266. The summed E-state index contributed by atoms with van der Waals surface area (Å²) in [6.45, 7) is 15.2. The van der Waals surface area contributed by atoms with Crippen LogP contribution in [0.4, 0.5) is 0 Å². The molecule has 6 heteroatoms. The van der Waals surface area contributed by atoms with E-state index in [1.807, 2.05) is 0 Å². The van der Waals surface area contributed by atoms with Gasteiger partial charge in [-0.2, -0.15) is 0 Å². The van der Waals surface area contributed by atoms with Crippen molar-refractivity contribution in [1.82, 2.24) is 15.5 Å². The molecule has 0 spiro atoms. The predicted molar refractivity (Wildman–Crippen MR) is 126 cm³/mol. The first kappa shape index (κ1) is 24.0. The van der Waals surface area contributed by atoms with E-state index in [4.69, 9.17) is 9.73 Å². The zero-order valence-electron chi connectivity index (χ0n) is 17.5. The minimum Gasteiger partial charge on any atom is -0.491 e. The lowest BCUT2D eigenvalue weighted by atomic mass is 10.0. The van der Waals surface area contributed by atoms with E-state index in [9.17, 15) is 0 Å². The number of nitrogens with zero attached hydrogens (tertiary/aromatic N) is 2. The summed E-state index contributed by atoms with van der Waals surface area (Å²) in [5, 5.41) is 6.95. The fraction of sp³-hybridized carbons (Fsp3) is 0.667. The van der Waals surface area contributed by atoms with Crippen LogP contribution in [0.1, 0.15) is 44.7 Å². The van der Waals surface area contributed by atoms with Crippen LogP contribution in [0.5, 0.6) is 5.75 Å². The molecule has 1 heterocycles. The van der Waals surface area contributed by atoms with Gasteiger partial charge in [-0.25, -0.2) is 4.99 Å². The highest BCUT2D eigenvalue weighted by molar-refractivity contribution is 14.0. The summed E-state index contributed by atoms with van der Waals surface area (Å²) in [6, 6.07) is 7.37. The third-order valence-corrected chi connectivity index (χ3v) is 4.96. The molecular weight excluding hydrogens is 451 g/mol. The van der Waals surface area contributed by atoms with Gasteiger partial charge in [0.15, 0.2) is 5.96 Å². The first-order valence-electron chi connectivity index (χ1n) is 9.99. The van der Waals surface area contributed by atoms with E-state index in [0.717, 1.165) is 31.3 Å². The molecule has 0 unspecified atom stereocenters. The molecule has 0 atom stereocenters. The molecule has 1 saturated heterocycles. The zero-order chi connectivity index (χ0) is 18.9. The average molecular weight is 488 g/mol. The second-order valence-electron chi connectivity index (χ2n) is 7.38. The van der Waals surface area contributed by atoms with Crippen molar-refractivity contribution in [2.75, 3.05) is 32.8 Å². The van der Waals surface area contributed by atoms with Gasteiger partial charge in [-0.1, -0.05) is 18.2 Å². The Kier molecular flexibility index (Phi) is 11.1. The molecular formula is C21H37IN4O. The van der Waals surface area contributed by atoms with Gasteiger partial charge < -0.3 is 20.3 Å². The molecule has 154 valence electrons. The summed E-state index contributed by atoms with van der Waals surface area (Å²) >= 11 is 0. The lowest BCUT2D eigenvalue weighted by Crippen LogP contribution is -2.50. The summed E-state index contributed by atoms with van der Waals surface area (Å²) in [5.41, 5.74) is 2.35. The van der Waals surface area contributed by atoms with Crippen LogP contribution < -0.4 is 15.4 Å². The van der Waals surface area contributed by atoms with Crippen LogP contribution in [0.25, 0.3) is 0 Å². The van der Waals surface area contributed by atoms with E-state index in [-0.39, 0.29) is 24.0 Å². The van der Waals surface area contributed by atoms with Gasteiger partial charge in [-0.05, 0) is 58.6 Å². The van der Waals surface area contributed by atoms with Gasteiger partial charge in [-0.3, -0.25) is 0 Å². The number of rotatable bonds is 7. The Morgan fingerprint density at radius 1 is 1.22 bits per heavy atom. The van der Waals surface area contributed by atoms with Gasteiger partial charge >= 0.3 is 0 Å². The van der Waals surface area contributed by atoms with Crippen molar-refractivity contribution in [3.05, 3.63) is 29.3 Å². The van der Waals surface area contributed by atoms with Gasteiger partial charge in [0.25, 0.3) is 0 Å². The van der Waals surface area contributed by atoms with Gasteiger partial charge in [0.1, 0.15) is 12.4 Å². The molecule has 0 bridgehead atoms. The molecule has 0 aliphatic carbocycles. The smallest absolute Gasteiger partial charge is 0.191 e. The molecule has 0 saturated carbocycles. The summed E-state index contributed by atoms with van der Waals surface area (Å²) in [4.78, 5) is 7.23. The zero-order valence-corrected chi connectivity index (χ0v) is 19.9. The largest absolute Gasteiger partial charge is 0.491 e. The Bertz CT molecular complexity index is 563. The lowest BCUT2D eigenvalue weighted by Gasteiger charge is -2.35. The second kappa shape index (κ2) is 12.4. The SMILES string of the molecule is CCNC(=NCCOc1c(C)cccc1C)NC1CCN(C(C)C)CC1.I. The standard InChI is InChI=1S/C21H36N4O.HI/c1-6-22-21(24-19-10-13-25(14-11-19)16(2)3)23-12-15-26-20-17(4)8-7-9-18(20)5;/h7-9,16,19H,6,10-15H2,1-5H3,(H2,22,23,24);1H. The maximum absolute atomic E-state index is 5.96. The number of likely N-dealkylation sites (tertiary alicyclic amines) is 1. The molecule has 1 aliphatic heterocycles. The van der Waals surface area contributed by atoms with Crippen LogP contribution >= 0.6 is 24.0 Å². The van der Waals surface area contributed by atoms with E-state index >= 15 is 0 Å². The van der Waals surface area contributed by atoms with Gasteiger partial charge in [0.05, 0.1) is 6.54 Å². The summed E-state index contributed by atoms with van der Waals surface area (Å²) in [6.07, 6.45) is 2.34. The molecule has 0 radical (unpaired) electrons. The number of benzene rings is 1. The first-order valence-corrected chi connectivity index (χ1v) is 9.99. The first-order chi connectivity index (χ1) is 12.5. The number of ether oxygens (including phenoxy) is 1. The summed E-state index contributed by atoms with van der Waals surface area (Å²) in [5.74, 6) is 1.89. The van der Waals surface area contributed by atoms with E-state index < -0.39 is 0 Å².